The fourth-order valence-corrected chi connectivity index (χ4v) is 4.69. The summed E-state index contributed by atoms with van der Waals surface area (Å²) in [7, 11) is 0. The number of benzene rings is 1. The van der Waals surface area contributed by atoms with E-state index >= 15 is 0 Å². The number of aliphatic hydroxyl groups excluding tert-OH is 1. The topological polar surface area (TPSA) is 109 Å². The highest BCUT2D eigenvalue weighted by Gasteiger charge is 2.34. The highest BCUT2D eigenvalue weighted by molar-refractivity contribution is 6.00. The summed E-state index contributed by atoms with van der Waals surface area (Å²) < 4.78 is 2.05. The second-order valence-electron chi connectivity index (χ2n) is 9.26. The minimum Gasteiger partial charge on any atom is -0.393 e. The molecule has 1 aliphatic heterocycles. The highest BCUT2D eigenvalue weighted by Crippen LogP contribution is 2.32. The number of aryl methyl sites for hydroxylation is 1. The number of nitrogens with one attached hydrogen (secondary N) is 2. The molecule has 1 saturated carbocycles. The molecule has 0 radical (unpaired) electrons. The summed E-state index contributed by atoms with van der Waals surface area (Å²) in [5.41, 5.74) is 9.94. The van der Waals surface area contributed by atoms with E-state index in [4.69, 9.17) is 5.73 Å². The smallest absolute Gasteiger partial charge is 0.253 e. The van der Waals surface area contributed by atoms with Crippen LogP contribution in [0.4, 0.5) is 5.69 Å². The van der Waals surface area contributed by atoms with E-state index in [-0.39, 0.29) is 23.6 Å². The molecule has 2 aliphatic rings. The fourth-order valence-electron chi connectivity index (χ4n) is 4.69. The molecule has 0 unspecified atom stereocenters. The number of rotatable bonds is 4. The van der Waals surface area contributed by atoms with Gasteiger partial charge in [-0.1, -0.05) is 0 Å². The van der Waals surface area contributed by atoms with Gasteiger partial charge in [-0.3, -0.25) is 9.59 Å². The van der Waals surface area contributed by atoms with Crippen molar-refractivity contribution in [3.05, 3.63) is 46.8 Å². The number of primary amides is 1. The van der Waals surface area contributed by atoms with Gasteiger partial charge in [0.25, 0.3) is 11.8 Å². The highest BCUT2D eigenvalue weighted by atomic mass is 16.3. The van der Waals surface area contributed by atoms with E-state index in [0.717, 1.165) is 48.2 Å². The Balaban J connectivity index is 1.73. The van der Waals surface area contributed by atoms with Crippen LogP contribution in [0, 0.1) is 6.92 Å². The first-order valence-corrected chi connectivity index (χ1v) is 10.6. The minimum absolute atomic E-state index is 0.0506. The molecule has 2 aromatic rings. The predicted molar refractivity (Wildman–Crippen MR) is 116 cm³/mol. The number of carbonyl (C=O) groups excluding carboxylic acids is 2. The average molecular weight is 411 g/mol. The van der Waals surface area contributed by atoms with Crippen LogP contribution in [0.15, 0.2) is 24.4 Å². The fraction of sp³-hybridized carbons (Fsp3) is 0.478. The van der Waals surface area contributed by atoms with Gasteiger partial charge in [-0.15, -0.1) is 0 Å². The molecule has 1 fully saturated rings. The van der Waals surface area contributed by atoms with Crippen molar-refractivity contribution in [1.82, 2.24) is 9.88 Å². The van der Waals surface area contributed by atoms with Crippen molar-refractivity contribution in [2.45, 2.75) is 70.6 Å². The minimum atomic E-state index is -0.480. The van der Waals surface area contributed by atoms with Crippen LogP contribution in [-0.2, 0) is 6.42 Å². The molecule has 0 bridgehead atoms. The van der Waals surface area contributed by atoms with E-state index in [0.29, 0.717) is 17.7 Å². The van der Waals surface area contributed by atoms with Gasteiger partial charge in [0.1, 0.15) is 0 Å². The van der Waals surface area contributed by atoms with Gasteiger partial charge < -0.3 is 26.0 Å². The summed E-state index contributed by atoms with van der Waals surface area (Å²) in [6.45, 7) is 5.97. The first kappa shape index (κ1) is 20.5. The van der Waals surface area contributed by atoms with Crippen molar-refractivity contribution >= 4 is 17.5 Å². The molecule has 0 saturated heterocycles. The normalized spacial score (nSPS) is 22.9. The zero-order valence-electron chi connectivity index (χ0n) is 17.8. The summed E-state index contributed by atoms with van der Waals surface area (Å²) in [6.07, 6.45) is 5.63. The molecule has 2 amide bonds. The van der Waals surface area contributed by atoms with Crippen LogP contribution in [0.25, 0.3) is 5.69 Å². The van der Waals surface area contributed by atoms with Crippen molar-refractivity contribution in [3.63, 3.8) is 0 Å². The molecule has 7 nitrogen and oxygen atoms in total. The summed E-state index contributed by atoms with van der Waals surface area (Å²) >= 11 is 0. The van der Waals surface area contributed by atoms with Gasteiger partial charge in [0, 0.05) is 41.3 Å². The third kappa shape index (κ3) is 3.81. The summed E-state index contributed by atoms with van der Waals surface area (Å²) in [4.78, 5) is 24.7. The number of aromatic nitrogens is 1. The van der Waals surface area contributed by atoms with E-state index in [9.17, 15) is 14.7 Å². The second kappa shape index (κ2) is 7.47. The average Bonchev–Trinajstić information content (AvgIpc) is 2.98. The third-order valence-electron chi connectivity index (χ3n) is 6.19. The van der Waals surface area contributed by atoms with Crippen LogP contribution in [-0.4, -0.2) is 39.2 Å². The van der Waals surface area contributed by atoms with Crippen molar-refractivity contribution in [2.75, 3.05) is 5.32 Å². The Labute approximate surface area is 176 Å². The van der Waals surface area contributed by atoms with Gasteiger partial charge in [-0.05, 0) is 70.2 Å². The lowest BCUT2D eigenvalue weighted by Crippen LogP contribution is -2.49. The van der Waals surface area contributed by atoms with Gasteiger partial charge >= 0.3 is 0 Å². The first-order chi connectivity index (χ1) is 14.1. The van der Waals surface area contributed by atoms with Crippen LogP contribution in [0.1, 0.15) is 71.5 Å². The largest absolute Gasteiger partial charge is 0.393 e. The number of anilines is 1. The Bertz CT molecular complexity index is 1000. The van der Waals surface area contributed by atoms with Crippen LogP contribution in [0.5, 0.6) is 0 Å². The van der Waals surface area contributed by atoms with Crippen LogP contribution < -0.4 is 16.4 Å². The molecule has 1 aliphatic carbocycles. The number of amides is 2. The lowest BCUT2D eigenvalue weighted by atomic mass is 9.90. The van der Waals surface area contributed by atoms with E-state index in [2.05, 4.69) is 10.6 Å². The SMILES string of the molecule is Cc1cn(-c2ccc(C(N)=O)c(NC3CCC(O)CC3)c2)c2c1C(=O)NC(C)(C)C2. The standard InChI is InChI=1S/C23H30N4O3/c1-13-12-27(19-11-23(2,3)26-22(30)20(13)19)15-6-9-17(21(24)29)18(10-15)25-14-4-7-16(28)8-5-14/h6,9-10,12,14,16,25,28H,4-5,7-8,11H2,1-3H3,(H2,24,29)(H,26,30). The van der Waals surface area contributed by atoms with Crippen LogP contribution in [0.2, 0.25) is 0 Å². The maximum absolute atomic E-state index is 12.6. The third-order valence-corrected chi connectivity index (χ3v) is 6.19. The molecule has 160 valence electrons. The number of nitrogens with two attached hydrogens (primary N) is 1. The molecular weight excluding hydrogens is 380 g/mol. The Hall–Kier alpha value is -2.80. The summed E-state index contributed by atoms with van der Waals surface area (Å²) in [6, 6.07) is 5.74. The zero-order chi connectivity index (χ0) is 21.6. The van der Waals surface area contributed by atoms with Crippen LogP contribution >= 0.6 is 0 Å². The lowest BCUT2D eigenvalue weighted by Gasteiger charge is -2.32. The second-order valence-corrected chi connectivity index (χ2v) is 9.26. The van der Waals surface area contributed by atoms with E-state index in [1.165, 1.54) is 0 Å². The Morgan fingerprint density at radius 3 is 2.63 bits per heavy atom. The number of aliphatic hydroxyl groups is 1. The maximum atomic E-state index is 12.6. The van der Waals surface area contributed by atoms with Crippen molar-refractivity contribution in [3.8, 4) is 5.69 Å². The molecule has 0 atom stereocenters. The van der Waals surface area contributed by atoms with Crippen molar-refractivity contribution < 1.29 is 14.7 Å². The van der Waals surface area contributed by atoms with Gasteiger partial charge in [-0.2, -0.15) is 0 Å². The molecule has 30 heavy (non-hydrogen) atoms. The maximum Gasteiger partial charge on any atom is 0.253 e. The molecular formula is C23H30N4O3. The van der Waals surface area contributed by atoms with E-state index in [1.54, 1.807) is 6.07 Å². The lowest BCUT2D eigenvalue weighted by molar-refractivity contribution is 0.0894. The Morgan fingerprint density at radius 2 is 1.97 bits per heavy atom. The van der Waals surface area contributed by atoms with Gasteiger partial charge in [-0.25, -0.2) is 0 Å². The first-order valence-electron chi connectivity index (χ1n) is 10.6. The predicted octanol–water partition coefficient (Wildman–Crippen LogP) is 2.66. The number of fused-ring (bicyclic) bond motifs is 1. The van der Waals surface area contributed by atoms with Crippen molar-refractivity contribution in [2.24, 2.45) is 5.73 Å². The molecule has 7 heteroatoms. The van der Waals surface area contributed by atoms with Gasteiger partial charge in [0.2, 0.25) is 0 Å². The number of hydrogen-bond donors (Lipinski definition) is 4. The summed E-state index contributed by atoms with van der Waals surface area (Å²) in [5.74, 6) is -0.531. The molecule has 4 rings (SSSR count). The molecule has 2 heterocycles. The van der Waals surface area contributed by atoms with Crippen LogP contribution in [0.3, 0.4) is 0 Å². The number of carbonyl (C=O) groups is 2. The van der Waals surface area contributed by atoms with E-state index in [1.807, 2.05) is 43.7 Å². The Morgan fingerprint density at radius 1 is 1.27 bits per heavy atom. The summed E-state index contributed by atoms with van der Waals surface area (Å²) in [5, 5.41) is 16.3. The number of hydrogen-bond acceptors (Lipinski definition) is 4. The van der Waals surface area contributed by atoms with Crippen molar-refractivity contribution in [1.29, 1.82) is 0 Å². The van der Waals surface area contributed by atoms with E-state index < -0.39 is 5.91 Å². The molecule has 5 N–H and O–H groups in total. The molecule has 0 spiro atoms. The Kier molecular flexibility index (Phi) is 5.10. The zero-order valence-corrected chi connectivity index (χ0v) is 17.8. The molecule has 1 aromatic carbocycles. The number of nitrogens with zero attached hydrogens (tertiary/aromatic N) is 1. The van der Waals surface area contributed by atoms with Gasteiger partial charge in [0.05, 0.1) is 17.2 Å². The van der Waals surface area contributed by atoms with Gasteiger partial charge in [0.15, 0.2) is 0 Å². The molecule has 1 aromatic heterocycles. The quantitative estimate of drug-likeness (QED) is 0.621. The monoisotopic (exact) mass is 410 g/mol.